The van der Waals surface area contributed by atoms with E-state index in [2.05, 4.69) is 45.5 Å². The van der Waals surface area contributed by atoms with Gasteiger partial charge in [0.05, 0.1) is 17.2 Å². The summed E-state index contributed by atoms with van der Waals surface area (Å²) in [6.07, 6.45) is 0.0340. The lowest BCUT2D eigenvalue weighted by molar-refractivity contribution is -0.139. The average molecular weight is 554 g/mol. The van der Waals surface area contributed by atoms with Crippen molar-refractivity contribution in [1.82, 2.24) is 0 Å². The molecule has 0 radical (unpaired) electrons. The zero-order valence-electron chi connectivity index (χ0n) is 22.2. The molecule has 1 fully saturated rings. The highest BCUT2D eigenvalue weighted by molar-refractivity contribution is 6.32. The van der Waals surface area contributed by atoms with Crippen molar-refractivity contribution < 1.29 is 19.4 Å². The van der Waals surface area contributed by atoms with E-state index in [0.29, 0.717) is 15.8 Å². The largest absolute Gasteiger partial charge is 0.480 e. The molecule has 3 aromatic carbocycles. The third-order valence-electron chi connectivity index (χ3n) is 7.15. The Labute approximate surface area is 235 Å². The van der Waals surface area contributed by atoms with E-state index >= 15 is 0 Å². The Hall–Kier alpha value is -2.79. The Morgan fingerprint density at radius 1 is 1.03 bits per heavy atom. The third-order valence-corrected chi connectivity index (χ3v) is 7.67. The molecule has 1 aliphatic rings. The summed E-state index contributed by atoms with van der Waals surface area (Å²) in [7, 11) is 0. The Kier molecular flexibility index (Phi) is 8.56. The van der Waals surface area contributed by atoms with Crippen molar-refractivity contribution in [2.24, 2.45) is 5.92 Å². The van der Waals surface area contributed by atoms with Gasteiger partial charge in [-0.1, -0.05) is 98.6 Å². The Morgan fingerprint density at radius 3 is 2.32 bits per heavy atom. The molecule has 0 amide bonds. The van der Waals surface area contributed by atoms with Crippen LogP contribution in [-0.2, 0) is 14.9 Å². The molecule has 1 aliphatic heterocycles. The van der Waals surface area contributed by atoms with Gasteiger partial charge in [0.2, 0.25) is 0 Å². The topological polar surface area (TPSA) is 55.8 Å². The van der Waals surface area contributed by atoms with Crippen LogP contribution in [0.3, 0.4) is 0 Å². The Morgan fingerprint density at radius 2 is 1.71 bits per heavy atom. The second kappa shape index (κ2) is 11.5. The molecule has 1 heterocycles. The number of rotatable bonds is 7. The van der Waals surface area contributed by atoms with E-state index < -0.39 is 18.7 Å². The highest BCUT2D eigenvalue weighted by Gasteiger charge is 2.42. The lowest BCUT2D eigenvalue weighted by Crippen LogP contribution is -2.32. The molecule has 0 aromatic heterocycles. The number of benzene rings is 3. The molecule has 200 valence electrons. The summed E-state index contributed by atoms with van der Waals surface area (Å²) in [5.74, 6) is -0.779. The molecule has 0 unspecified atom stereocenters. The molecule has 0 bridgehead atoms. The molecule has 4 atom stereocenters. The zero-order chi connectivity index (χ0) is 27.6. The van der Waals surface area contributed by atoms with Crippen LogP contribution in [0.1, 0.15) is 74.5 Å². The van der Waals surface area contributed by atoms with Gasteiger partial charge in [0.1, 0.15) is 5.75 Å². The summed E-state index contributed by atoms with van der Waals surface area (Å²) in [5, 5.41) is 10.4. The minimum atomic E-state index is -1.07. The maximum Gasteiger partial charge on any atom is 0.341 e. The smallest absolute Gasteiger partial charge is 0.341 e. The molecule has 3 aromatic rings. The number of aliphatic carboxylic acids is 1. The molecule has 1 saturated heterocycles. The standard InChI is InChI=1S/C32H34Cl2O4/c1-19(2)24-17-25(21-12-9-13-23(33)14-21)29(20-10-7-6-8-11-20)38-30(24)26-15-22(32(3,4)5)16-27(34)31(26)37-18-28(35)36/h6-16,24-25,29-30H,1,17-18H2,2-5H3,(H,35,36)/t24-,25-,29+,30+/m1/s1. The minimum absolute atomic E-state index is 0.0266. The summed E-state index contributed by atoms with van der Waals surface area (Å²) in [5.41, 5.74) is 4.67. The number of ether oxygens (including phenoxy) is 2. The summed E-state index contributed by atoms with van der Waals surface area (Å²) in [4.78, 5) is 11.4. The van der Waals surface area contributed by atoms with Crippen molar-refractivity contribution in [3.8, 4) is 5.75 Å². The molecule has 0 aliphatic carbocycles. The first-order chi connectivity index (χ1) is 18.0. The quantitative estimate of drug-likeness (QED) is 0.297. The fourth-order valence-corrected chi connectivity index (χ4v) is 5.64. The fourth-order valence-electron chi connectivity index (χ4n) is 5.16. The maximum atomic E-state index is 11.4. The van der Waals surface area contributed by atoms with Crippen LogP contribution in [0, 0.1) is 5.92 Å². The number of hydrogen-bond acceptors (Lipinski definition) is 3. The van der Waals surface area contributed by atoms with Crippen molar-refractivity contribution >= 4 is 29.2 Å². The number of halogens is 2. The lowest BCUT2D eigenvalue weighted by atomic mass is 9.73. The predicted molar refractivity (Wildman–Crippen MR) is 153 cm³/mol. The number of carbonyl (C=O) groups is 1. The molecular formula is C32H34Cl2O4. The Balaban J connectivity index is 1.88. The van der Waals surface area contributed by atoms with Gasteiger partial charge in [-0.3, -0.25) is 0 Å². The van der Waals surface area contributed by atoms with Crippen LogP contribution < -0.4 is 4.74 Å². The van der Waals surface area contributed by atoms with Crippen LogP contribution in [0.15, 0.2) is 78.9 Å². The van der Waals surface area contributed by atoms with E-state index in [1.165, 1.54) is 0 Å². The van der Waals surface area contributed by atoms with Gasteiger partial charge in [-0.25, -0.2) is 4.79 Å². The average Bonchev–Trinajstić information content (AvgIpc) is 2.86. The summed E-state index contributed by atoms with van der Waals surface area (Å²) in [6, 6.07) is 22.0. The van der Waals surface area contributed by atoms with Crippen LogP contribution in [0.5, 0.6) is 5.75 Å². The molecule has 0 saturated carbocycles. The van der Waals surface area contributed by atoms with Gasteiger partial charge in [0.15, 0.2) is 6.61 Å². The van der Waals surface area contributed by atoms with Crippen LogP contribution in [0.4, 0.5) is 0 Å². The maximum absolute atomic E-state index is 11.4. The first kappa shape index (κ1) is 28.2. The van der Waals surface area contributed by atoms with Crippen molar-refractivity contribution in [3.63, 3.8) is 0 Å². The van der Waals surface area contributed by atoms with Gasteiger partial charge in [-0.2, -0.15) is 0 Å². The van der Waals surface area contributed by atoms with Gasteiger partial charge >= 0.3 is 5.97 Å². The first-order valence-corrected chi connectivity index (χ1v) is 13.5. The van der Waals surface area contributed by atoms with E-state index in [-0.39, 0.29) is 23.4 Å². The van der Waals surface area contributed by atoms with E-state index in [4.69, 9.17) is 32.7 Å². The molecule has 4 nitrogen and oxygen atoms in total. The van der Waals surface area contributed by atoms with Gasteiger partial charge in [0.25, 0.3) is 0 Å². The predicted octanol–water partition coefficient (Wildman–Crippen LogP) is 8.93. The van der Waals surface area contributed by atoms with Gasteiger partial charge in [-0.15, -0.1) is 0 Å². The SMILES string of the molecule is C=C(C)[C@H]1C[C@H](c2cccc(Cl)c2)[C@H](c2ccccc2)O[C@@H]1c1cc(C(C)(C)C)cc(Cl)c1OCC(=O)O. The lowest BCUT2D eigenvalue weighted by Gasteiger charge is -2.43. The minimum Gasteiger partial charge on any atom is -0.480 e. The second-order valence-corrected chi connectivity index (χ2v) is 11.9. The molecular weight excluding hydrogens is 519 g/mol. The summed E-state index contributed by atoms with van der Waals surface area (Å²) >= 11 is 13.2. The van der Waals surface area contributed by atoms with Crippen molar-refractivity contribution in [2.45, 2.75) is 57.7 Å². The van der Waals surface area contributed by atoms with Crippen molar-refractivity contribution in [1.29, 1.82) is 0 Å². The third kappa shape index (κ3) is 6.26. The van der Waals surface area contributed by atoms with E-state index in [1.807, 2.05) is 55.5 Å². The fraction of sp³-hybridized carbons (Fsp3) is 0.344. The van der Waals surface area contributed by atoms with Crippen LogP contribution >= 0.6 is 23.2 Å². The number of carboxylic acids is 1. The number of hydrogen-bond donors (Lipinski definition) is 1. The monoisotopic (exact) mass is 552 g/mol. The molecule has 1 N–H and O–H groups in total. The van der Waals surface area contributed by atoms with Crippen LogP contribution in [-0.4, -0.2) is 17.7 Å². The van der Waals surface area contributed by atoms with Crippen LogP contribution in [0.25, 0.3) is 0 Å². The van der Waals surface area contributed by atoms with E-state index in [1.54, 1.807) is 0 Å². The highest BCUT2D eigenvalue weighted by Crippen LogP contribution is 2.54. The normalized spacial score (nSPS) is 21.6. The summed E-state index contributed by atoms with van der Waals surface area (Å²) < 4.78 is 12.8. The van der Waals surface area contributed by atoms with Gasteiger partial charge in [0, 0.05) is 22.4 Å². The molecule has 6 heteroatoms. The second-order valence-electron chi connectivity index (χ2n) is 11.0. The summed E-state index contributed by atoms with van der Waals surface area (Å²) in [6.45, 7) is 12.2. The zero-order valence-corrected chi connectivity index (χ0v) is 23.7. The highest BCUT2D eigenvalue weighted by atomic mass is 35.5. The molecule has 0 spiro atoms. The molecule has 38 heavy (non-hydrogen) atoms. The van der Waals surface area contributed by atoms with Gasteiger partial charge in [-0.05, 0) is 59.7 Å². The molecule has 4 rings (SSSR count). The van der Waals surface area contributed by atoms with Crippen molar-refractivity contribution in [2.75, 3.05) is 6.61 Å². The van der Waals surface area contributed by atoms with Crippen LogP contribution in [0.2, 0.25) is 10.0 Å². The van der Waals surface area contributed by atoms with E-state index in [9.17, 15) is 9.90 Å². The van der Waals surface area contributed by atoms with E-state index in [0.717, 1.165) is 34.2 Å². The Bertz CT molecular complexity index is 1310. The number of carboxylic acid groups (broad SMARTS) is 1. The van der Waals surface area contributed by atoms with Gasteiger partial charge < -0.3 is 14.6 Å². The first-order valence-electron chi connectivity index (χ1n) is 12.8. The van der Waals surface area contributed by atoms with Crippen molar-refractivity contribution in [3.05, 3.63) is 111 Å².